The van der Waals surface area contributed by atoms with E-state index >= 15 is 0 Å². The summed E-state index contributed by atoms with van der Waals surface area (Å²) in [6, 6.07) is 7.56. The van der Waals surface area contributed by atoms with E-state index in [1.165, 1.54) is 22.2 Å². The number of fused-ring (bicyclic) bond motifs is 1. The third-order valence-electron chi connectivity index (χ3n) is 4.54. The minimum Gasteiger partial charge on any atom is -0.496 e. The van der Waals surface area contributed by atoms with E-state index in [4.69, 9.17) is 4.74 Å². The van der Waals surface area contributed by atoms with Crippen LogP contribution < -0.4 is 4.74 Å². The zero-order chi connectivity index (χ0) is 17.4. The number of hydrogen-bond donors (Lipinski definition) is 1. The van der Waals surface area contributed by atoms with Crippen LogP contribution in [0.3, 0.4) is 0 Å². The Kier molecular flexibility index (Phi) is 4.14. The highest BCUT2D eigenvalue weighted by Gasteiger charge is 2.33. The lowest BCUT2D eigenvalue weighted by molar-refractivity contribution is -0.121. The first kappa shape index (κ1) is 16.0. The summed E-state index contributed by atoms with van der Waals surface area (Å²) < 4.78 is 6.99. The maximum Gasteiger partial charge on any atom is 0.230 e. The first-order valence-corrected chi connectivity index (χ1v) is 8.90. The summed E-state index contributed by atoms with van der Waals surface area (Å²) >= 11 is 1.40. The van der Waals surface area contributed by atoms with Crippen LogP contribution in [0.1, 0.15) is 29.3 Å². The molecule has 8 heteroatoms. The van der Waals surface area contributed by atoms with Crippen LogP contribution in [0, 0.1) is 0 Å². The largest absolute Gasteiger partial charge is 0.496 e. The fourth-order valence-corrected chi connectivity index (χ4v) is 4.38. The fourth-order valence-electron chi connectivity index (χ4n) is 3.30. The summed E-state index contributed by atoms with van der Waals surface area (Å²) in [5, 5.41) is 14.8. The standard InChI is InChI=1S/C17H18N4O3S/c1-24-13-5-3-2-4-12(13)14(20-8-6-11(22)7-9-20)15-16(23)21-17(25-15)18-10-19-21/h2-5,10,14,23H,6-9H2,1H3. The molecule has 2 aromatic heterocycles. The van der Waals surface area contributed by atoms with E-state index in [0.717, 1.165) is 16.2 Å². The predicted molar refractivity (Wildman–Crippen MR) is 93.2 cm³/mol. The molecule has 1 aromatic carbocycles. The summed E-state index contributed by atoms with van der Waals surface area (Å²) in [6.07, 6.45) is 2.47. The molecule has 1 N–H and O–H groups in total. The molecule has 1 aliphatic heterocycles. The molecule has 7 nitrogen and oxygen atoms in total. The first-order chi connectivity index (χ1) is 12.2. The second kappa shape index (κ2) is 6.45. The molecule has 0 saturated carbocycles. The van der Waals surface area contributed by atoms with Crippen LogP contribution in [0.5, 0.6) is 11.6 Å². The Balaban J connectivity index is 1.84. The van der Waals surface area contributed by atoms with Crippen molar-refractivity contribution in [1.82, 2.24) is 19.5 Å². The fraction of sp³-hybridized carbons (Fsp3) is 0.353. The molecule has 130 valence electrons. The van der Waals surface area contributed by atoms with E-state index in [0.29, 0.717) is 30.9 Å². The van der Waals surface area contributed by atoms with Gasteiger partial charge in [0.2, 0.25) is 10.8 Å². The molecule has 1 fully saturated rings. The van der Waals surface area contributed by atoms with Gasteiger partial charge in [-0.15, -0.1) is 0 Å². The number of aromatic hydroxyl groups is 1. The van der Waals surface area contributed by atoms with Gasteiger partial charge in [0.05, 0.1) is 18.0 Å². The molecule has 1 unspecified atom stereocenters. The van der Waals surface area contributed by atoms with Crippen molar-refractivity contribution in [1.29, 1.82) is 0 Å². The van der Waals surface area contributed by atoms with Crippen molar-refractivity contribution in [3.63, 3.8) is 0 Å². The van der Waals surface area contributed by atoms with E-state index in [1.54, 1.807) is 7.11 Å². The smallest absolute Gasteiger partial charge is 0.230 e. The van der Waals surface area contributed by atoms with Crippen molar-refractivity contribution in [2.75, 3.05) is 20.2 Å². The predicted octanol–water partition coefficient (Wildman–Crippen LogP) is 2.26. The molecule has 3 heterocycles. The van der Waals surface area contributed by atoms with Gasteiger partial charge >= 0.3 is 0 Å². The van der Waals surface area contributed by atoms with Gasteiger partial charge in [-0.3, -0.25) is 9.69 Å². The van der Waals surface area contributed by atoms with Gasteiger partial charge < -0.3 is 9.84 Å². The number of thiazole rings is 1. The minimum absolute atomic E-state index is 0.0882. The monoisotopic (exact) mass is 358 g/mol. The van der Waals surface area contributed by atoms with E-state index in [1.807, 2.05) is 24.3 Å². The molecule has 4 rings (SSSR count). The molecular formula is C17H18N4O3S. The summed E-state index contributed by atoms with van der Waals surface area (Å²) in [4.78, 5) is 19.5. The van der Waals surface area contributed by atoms with Crippen molar-refractivity contribution in [3.05, 3.63) is 41.0 Å². The maximum absolute atomic E-state index is 11.7. The Bertz CT molecular complexity index is 910. The molecule has 0 radical (unpaired) electrons. The number of carbonyl (C=O) groups is 1. The molecule has 0 spiro atoms. The summed E-state index contributed by atoms with van der Waals surface area (Å²) in [6.45, 7) is 1.29. The van der Waals surface area contributed by atoms with Gasteiger partial charge in [-0.2, -0.15) is 9.61 Å². The van der Waals surface area contributed by atoms with Crippen molar-refractivity contribution in [2.45, 2.75) is 18.9 Å². The first-order valence-electron chi connectivity index (χ1n) is 8.09. The van der Waals surface area contributed by atoms with Gasteiger partial charge in [-0.1, -0.05) is 29.5 Å². The lowest BCUT2D eigenvalue weighted by Crippen LogP contribution is -2.37. The van der Waals surface area contributed by atoms with Crippen LogP contribution in [-0.2, 0) is 4.79 Å². The zero-order valence-electron chi connectivity index (χ0n) is 13.8. The lowest BCUT2D eigenvalue weighted by Gasteiger charge is -2.34. The third-order valence-corrected chi connectivity index (χ3v) is 5.63. The number of methoxy groups -OCH3 is 1. The number of Topliss-reactive ketones (excluding diaryl/α,β-unsaturated/α-hetero) is 1. The summed E-state index contributed by atoms with van der Waals surface area (Å²) in [7, 11) is 1.64. The minimum atomic E-state index is -0.210. The highest BCUT2D eigenvalue weighted by atomic mass is 32.1. The van der Waals surface area contributed by atoms with Gasteiger partial charge in [-0.25, -0.2) is 4.98 Å². The summed E-state index contributed by atoms with van der Waals surface area (Å²) in [5.41, 5.74) is 0.958. The number of para-hydroxylation sites is 1. The van der Waals surface area contributed by atoms with Crippen LogP contribution in [0.25, 0.3) is 4.96 Å². The second-order valence-electron chi connectivity index (χ2n) is 5.96. The number of likely N-dealkylation sites (tertiary alicyclic amines) is 1. The number of nitrogens with zero attached hydrogens (tertiary/aromatic N) is 4. The number of rotatable bonds is 4. The van der Waals surface area contributed by atoms with E-state index in [-0.39, 0.29) is 17.7 Å². The molecule has 0 amide bonds. The number of ether oxygens (including phenoxy) is 1. The Morgan fingerprint density at radius 1 is 1.28 bits per heavy atom. The normalized spacial score (nSPS) is 17.1. The molecule has 1 saturated heterocycles. The van der Waals surface area contributed by atoms with Crippen molar-refractivity contribution in [3.8, 4) is 11.6 Å². The number of aromatic nitrogens is 3. The Morgan fingerprint density at radius 2 is 2.04 bits per heavy atom. The highest BCUT2D eigenvalue weighted by molar-refractivity contribution is 7.17. The highest BCUT2D eigenvalue weighted by Crippen LogP contribution is 2.43. The van der Waals surface area contributed by atoms with E-state index < -0.39 is 0 Å². The van der Waals surface area contributed by atoms with Gasteiger partial charge in [-0.05, 0) is 6.07 Å². The molecule has 1 aliphatic rings. The second-order valence-corrected chi connectivity index (χ2v) is 6.97. The SMILES string of the molecule is COc1ccccc1C(c1sc2ncnn2c1O)N1CCC(=O)CC1. The molecule has 0 bridgehead atoms. The van der Waals surface area contributed by atoms with E-state index in [2.05, 4.69) is 15.0 Å². The van der Waals surface area contributed by atoms with Crippen molar-refractivity contribution in [2.24, 2.45) is 0 Å². The van der Waals surface area contributed by atoms with E-state index in [9.17, 15) is 9.90 Å². The number of carbonyl (C=O) groups excluding carboxylic acids is 1. The maximum atomic E-state index is 11.7. The molecule has 25 heavy (non-hydrogen) atoms. The average Bonchev–Trinajstić information content (AvgIpc) is 3.21. The molecule has 3 aromatic rings. The quantitative estimate of drug-likeness (QED) is 0.771. The van der Waals surface area contributed by atoms with Gasteiger partial charge in [0.1, 0.15) is 17.9 Å². The van der Waals surface area contributed by atoms with Crippen molar-refractivity contribution < 1.29 is 14.6 Å². The van der Waals surface area contributed by atoms with Gasteiger partial charge in [0.15, 0.2) is 0 Å². The Labute approximate surface area is 148 Å². The third kappa shape index (κ3) is 2.77. The number of benzene rings is 1. The number of ketones is 1. The summed E-state index contributed by atoms with van der Waals surface area (Å²) in [5.74, 6) is 1.12. The topological polar surface area (TPSA) is 80.0 Å². The average molecular weight is 358 g/mol. The van der Waals surface area contributed by atoms with Gasteiger partial charge in [0.25, 0.3) is 0 Å². The lowest BCUT2D eigenvalue weighted by atomic mass is 9.99. The van der Waals surface area contributed by atoms with Crippen LogP contribution in [0.15, 0.2) is 30.6 Å². The Morgan fingerprint density at radius 3 is 2.76 bits per heavy atom. The van der Waals surface area contributed by atoms with Crippen LogP contribution in [-0.4, -0.2) is 50.6 Å². The number of piperidine rings is 1. The van der Waals surface area contributed by atoms with Crippen LogP contribution >= 0.6 is 11.3 Å². The van der Waals surface area contributed by atoms with Crippen LogP contribution in [0.4, 0.5) is 0 Å². The molecule has 1 atom stereocenters. The van der Waals surface area contributed by atoms with Crippen molar-refractivity contribution >= 4 is 22.1 Å². The number of hydrogen-bond acceptors (Lipinski definition) is 7. The molecule has 0 aliphatic carbocycles. The van der Waals surface area contributed by atoms with Crippen LogP contribution in [0.2, 0.25) is 0 Å². The Hall–Kier alpha value is -2.45. The van der Waals surface area contributed by atoms with Gasteiger partial charge in [0, 0.05) is 31.5 Å². The zero-order valence-corrected chi connectivity index (χ0v) is 14.6. The molecular weight excluding hydrogens is 340 g/mol.